The van der Waals surface area contributed by atoms with Crippen LogP contribution in [0.3, 0.4) is 0 Å². The van der Waals surface area contributed by atoms with E-state index in [1.165, 1.54) is 16.2 Å². The minimum Gasteiger partial charge on any atom is -0.487 e. The van der Waals surface area contributed by atoms with Gasteiger partial charge in [-0.1, -0.05) is 30.3 Å². The zero-order chi connectivity index (χ0) is 27.3. The number of thiazole rings is 1. The molecule has 0 unspecified atom stereocenters. The van der Waals surface area contributed by atoms with Gasteiger partial charge < -0.3 is 19.2 Å². The summed E-state index contributed by atoms with van der Waals surface area (Å²) >= 11 is 1.36. The number of para-hydroxylation sites is 1. The van der Waals surface area contributed by atoms with Gasteiger partial charge in [0, 0.05) is 41.0 Å². The topological polar surface area (TPSA) is 92.9 Å². The van der Waals surface area contributed by atoms with Gasteiger partial charge in [-0.2, -0.15) is 0 Å². The van der Waals surface area contributed by atoms with Crippen LogP contribution in [0.15, 0.2) is 76.7 Å². The number of carbonyl (C=O) groups is 2. The van der Waals surface area contributed by atoms with Crippen molar-refractivity contribution in [2.24, 2.45) is 0 Å². The summed E-state index contributed by atoms with van der Waals surface area (Å²) in [5.74, 6) is -0.357. The van der Waals surface area contributed by atoms with E-state index in [9.17, 15) is 9.59 Å². The second-order valence-electron chi connectivity index (χ2n) is 8.35. The number of benzene rings is 2. The number of carbonyl (C=O) groups excluding carboxylic acids is 1. The first-order chi connectivity index (χ1) is 18.2. The summed E-state index contributed by atoms with van der Waals surface area (Å²) in [6.45, 7) is 1.44. The van der Waals surface area contributed by atoms with Gasteiger partial charge in [-0.15, -0.1) is 11.3 Å². The molecule has 0 radical (unpaired) electrons. The van der Waals surface area contributed by atoms with Crippen LogP contribution < -0.4 is 4.74 Å². The van der Waals surface area contributed by atoms with Crippen LogP contribution in [0.5, 0.6) is 5.75 Å². The molecule has 1 amide bonds. The molecule has 4 aromatic rings. The standard InChI is InChI=1S/C28H28N2O5S/c1-19(2)30(28(33)21-11-9-20(10-12-21)24-8-5-15-34-24)16-22-6-3-4-7-25(22)35-17-23-18-36-26(29-23)13-14-27(31)32/h3-12,15,18-19H,13-14,16-17H2,1-2H3,(H,31,32)/i16D2. The summed E-state index contributed by atoms with van der Waals surface area (Å²) in [7, 11) is 0. The molecule has 7 nitrogen and oxygen atoms in total. The third kappa shape index (κ3) is 6.40. The predicted molar refractivity (Wildman–Crippen MR) is 138 cm³/mol. The van der Waals surface area contributed by atoms with Crippen LogP contribution in [0.4, 0.5) is 0 Å². The molecule has 0 fully saturated rings. The molecule has 2 aromatic carbocycles. The molecule has 8 heteroatoms. The minimum absolute atomic E-state index is 0.00148. The van der Waals surface area contributed by atoms with Crippen molar-refractivity contribution >= 4 is 23.2 Å². The highest BCUT2D eigenvalue weighted by molar-refractivity contribution is 7.09. The van der Waals surface area contributed by atoms with Gasteiger partial charge >= 0.3 is 5.97 Å². The van der Waals surface area contributed by atoms with E-state index in [1.54, 1.807) is 80.1 Å². The lowest BCUT2D eigenvalue weighted by Gasteiger charge is -2.28. The minimum atomic E-state index is -2.18. The maximum atomic E-state index is 13.6. The Morgan fingerprint density at radius 3 is 2.61 bits per heavy atom. The van der Waals surface area contributed by atoms with E-state index in [1.807, 2.05) is 6.07 Å². The van der Waals surface area contributed by atoms with Crippen molar-refractivity contribution in [2.45, 2.75) is 45.8 Å². The number of carboxylic acids is 1. The number of aliphatic carboxylic acids is 1. The number of nitrogens with zero attached hydrogens (tertiary/aromatic N) is 2. The van der Waals surface area contributed by atoms with Gasteiger partial charge in [0.2, 0.25) is 0 Å². The van der Waals surface area contributed by atoms with Crippen molar-refractivity contribution in [1.29, 1.82) is 0 Å². The smallest absolute Gasteiger partial charge is 0.303 e. The van der Waals surface area contributed by atoms with Gasteiger partial charge in [-0.3, -0.25) is 9.59 Å². The van der Waals surface area contributed by atoms with Gasteiger partial charge in [-0.05, 0) is 44.2 Å². The number of hydrogen-bond acceptors (Lipinski definition) is 6. The normalized spacial score (nSPS) is 12.2. The van der Waals surface area contributed by atoms with Crippen LogP contribution in [-0.2, 0) is 24.3 Å². The number of aryl methyl sites for hydroxylation is 1. The molecular formula is C28H28N2O5S. The molecule has 0 aliphatic rings. The fourth-order valence-electron chi connectivity index (χ4n) is 3.48. The molecule has 4 rings (SSSR count). The predicted octanol–water partition coefficient (Wildman–Crippen LogP) is 6.05. The van der Waals surface area contributed by atoms with E-state index in [0.717, 1.165) is 5.56 Å². The Kier molecular flexibility index (Phi) is 7.32. The number of ether oxygens (including phenoxy) is 1. The molecule has 2 heterocycles. The summed E-state index contributed by atoms with van der Waals surface area (Å²) in [4.78, 5) is 30.0. The number of carboxylic acid groups (broad SMARTS) is 1. The van der Waals surface area contributed by atoms with Crippen LogP contribution in [-0.4, -0.2) is 32.9 Å². The van der Waals surface area contributed by atoms with E-state index in [4.69, 9.17) is 17.0 Å². The van der Waals surface area contributed by atoms with E-state index in [2.05, 4.69) is 4.98 Å². The third-order valence-electron chi connectivity index (χ3n) is 5.33. The Bertz CT molecular complexity index is 1380. The van der Waals surface area contributed by atoms with Gasteiger partial charge in [0.15, 0.2) is 0 Å². The first kappa shape index (κ1) is 22.5. The Hall–Kier alpha value is -3.91. The van der Waals surface area contributed by atoms with Gasteiger partial charge in [-0.25, -0.2) is 4.98 Å². The summed E-state index contributed by atoms with van der Waals surface area (Å²) in [6.07, 6.45) is 1.92. The highest BCUT2D eigenvalue weighted by Gasteiger charge is 2.21. The van der Waals surface area contributed by atoms with E-state index in [0.29, 0.717) is 34.2 Å². The highest BCUT2D eigenvalue weighted by atomic mass is 32.1. The van der Waals surface area contributed by atoms with Crippen LogP contribution in [0, 0.1) is 0 Å². The summed E-state index contributed by atoms with van der Waals surface area (Å²) in [5.41, 5.74) is 2.01. The zero-order valence-corrected chi connectivity index (χ0v) is 20.8. The van der Waals surface area contributed by atoms with Crippen molar-refractivity contribution < 1.29 is 26.6 Å². The maximum Gasteiger partial charge on any atom is 0.303 e. The van der Waals surface area contributed by atoms with Crippen molar-refractivity contribution in [3.05, 3.63) is 94.1 Å². The summed E-state index contributed by atoms with van der Waals surface area (Å²) in [5, 5.41) is 11.4. The van der Waals surface area contributed by atoms with Gasteiger partial charge in [0.25, 0.3) is 5.91 Å². The lowest BCUT2D eigenvalue weighted by molar-refractivity contribution is -0.136. The fraction of sp³-hybridized carbons (Fsp3) is 0.250. The van der Waals surface area contributed by atoms with Crippen molar-refractivity contribution in [3.8, 4) is 17.1 Å². The van der Waals surface area contributed by atoms with Crippen molar-refractivity contribution in [3.63, 3.8) is 0 Å². The quantitative estimate of drug-likeness (QED) is 0.266. The first-order valence-corrected chi connectivity index (χ1v) is 12.4. The molecule has 0 aliphatic heterocycles. The van der Waals surface area contributed by atoms with Crippen molar-refractivity contribution in [1.82, 2.24) is 9.88 Å². The molecule has 1 N–H and O–H groups in total. The average Bonchev–Trinajstić information content (AvgIpc) is 3.59. The second-order valence-corrected chi connectivity index (χ2v) is 9.29. The van der Waals surface area contributed by atoms with Crippen LogP contribution in [0.25, 0.3) is 11.3 Å². The average molecular weight is 507 g/mol. The Balaban J connectivity index is 1.54. The Morgan fingerprint density at radius 2 is 1.92 bits per heavy atom. The van der Waals surface area contributed by atoms with E-state index in [-0.39, 0.29) is 18.6 Å². The number of hydrogen-bond donors (Lipinski definition) is 1. The largest absolute Gasteiger partial charge is 0.487 e. The third-order valence-corrected chi connectivity index (χ3v) is 6.29. The molecule has 0 spiro atoms. The van der Waals surface area contributed by atoms with E-state index < -0.39 is 24.4 Å². The van der Waals surface area contributed by atoms with Crippen molar-refractivity contribution in [2.75, 3.05) is 0 Å². The van der Waals surface area contributed by atoms with Crippen LogP contribution >= 0.6 is 11.3 Å². The summed E-state index contributed by atoms with van der Waals surface area (Å²) in [6, 6.07) is 16.7. The number of aromatic nitrogens is 1. The SMILES string of the molecule is [2H]C([2H])(c1ccccc1OCc1csc(CCC(=O)O)n1)N(C(=O)c1ccc(-c2ccco2)cc1)C(C)C. The highest BCUT2D eigenvalue weighted by Crippen LogP contribution is 2.25. The Morgan fingerprint density at radius 1 is 1.14 bits per heavy atom. The molecule has 0 saturated carbocycles. The fourth-order valence-corrected chi connectivity index (χ4v) is 4.27. The number of amides is 1. The lowest BCUT2D eigenvalue weighted by atomic mass is 10.1. The van der Waals surface area contributed by atoms with E-state index >= 15 is 0 Å². The van der Waals surface area contributed by atoms with Crippen LogP contribution in [0.2, 0.25) is 0 Å². The molecular weight excluding hydrogens is 476 g/mol. The molecule has 0 aliphatic carbocycles. The molecule has 0 atom stereocenters. The second kappa shape index (κ2) is 11.7. The number of furan rings is 1. The van der Waals surface area contributed by atoms with Gasteiger partial charge in [0.05, 0.1) is 26.1 Å². The Labute approximate surface area is 216 Å². The molecule has 36 heavy (non-hydrogen) atoms. The first-order valence-electron chi connectivity index (χ1n) is 12.5. The number of rotatable bonds is 11. The van der Waals surface area contributed by atoms with Crippen LogP contribution in [0.1, 0.15) is 49.6 Å². The zero-order valence-electron chi connectivity index (χ0n) is 22.0. The molecule has 2 aromatic heterocycles. The lowest BCUT2D eigenvalue weighted by Crippen LogP contribution is -2.36. The molecule has 0 bridgehead atoms. The molecule has 186 valence electrons. The van der Waals surface area contributed by atoms with Gasteiger partial charge in [0.1, 0.15) is 18.1 Å². The monoisotopic (exact) mass is 506 g/mol. The maximum absolute atomic E-state index is 13.6. The summed E-state index contributed by atoms with van der Waals surface area (Å²) < 4.78 is 29.4. The molecule has 0 saturated heterocycles.